The molecule has 150 valence electrons. The zero-order chi connectivity index (χ0) is 19.8. The summed E-state index contributed by atoms with van der Waals surface area (Å²) in [7, 11) is 0. The van der Waals surface area contributed by atoms with Crippen molar-refractivity contribution in [1.82, 2.24) is 30.1 Å². The van der Waals surface area contributed by atoms with E-state index in [9.17, 15) is 4.79 Å². The topological polar surface area (TPSA) is 75.1 Å². The number of amides is 1. The molecule has 0 bridgehead atoms. The van der Waals surface area contributed by atoms with Crippen molar-refractivity contribution in [3.63, 3.8) is 0 Å². The Balaban J connectivity index is 1.43. The lowest BCUT2D eigenvalue weighted by Crippen LogP contribution is -2.57. The number of nitrogens with one attached hydrogen (secondary N) is 2. The van der Waals surface area contributed by atoms with E-state index >= 15 is 0 Å². The molecule has 1 atom stereocenters. The SMILES string of the molecule is O=C1CC(N2CCC(c3nc4ccncc4n3-c3ccc(Cl)cc3)CC2)NCN1. The van der Waals surface area contributed by atoms with E-state index in [1.165, 1.54) is 0 Å². The predicted octanol–water partition coefficient (Wildman–Crippen LogP) is 2.65. The highest BCUT2D eigenvalue weighted by molar-refractivity contribution is 6.30. The van der Waals surface area contributed by atoms with E-state index < -0.39 is 0 Å². The predicted molar refractivity (Wildman–Crippen MR) is 112 cm³/mol. The minimum absolute atomic E-state index is 0.118. The molecule has 4 heterocycles. The first-order chi connectivity index (χ1) is 14.2. The first kappa shape index (κ1) is 18.5. The van der Waals surface area contributed by atoms with Gasteiger partial charge in [0.05, 0.1) is 36.5 Å². The Morgan fingerprint density at radius 2 is 1.90 bits per heavy atom. The van der Waals surface area contributed by atoms with Crippen molar-refractivity contribution in [3.05, 3.63) is 53.6 Å². The Hall–Kier alpha value is -2.48. The summed E-state index contributed by atoms with van der Waals surface area (Å²) in [5.41, 5.74) is 3.02. The molecule has 1 aromatic carbocycles. The van der Waals surface area contributed by atoms with Gasteiger partial charge in [0.15, 0.2) is 0 Å². The molecule has 0 radical (unpaired) electrons. The Labute approximate surface area is 174 Å². The van der Waals surface area contributed by atoms with Crippen LogP contribution in [-0.4, -0.2) is 51.3 Å². The fraction of sp³-hybridized carbons (Fsp3) is 0.381. The van der Waals surface area contributed by atoms with Crippen LogP contribution in [0.5, 0.6) is 0 Å². The van der Waals surface area contributed by atoms with Crippen LogP contribution in [0.15, 0.2) is 42.7 Å². The zero-order valence-corrected chi connectivity index (χ0v) is 16.8. The van der Waals surface area contributed by atoms with Gasteiger partial charge in [0.25, 0.3) is 0 Å². The number of fused-ring (bicyclic) bond motifs is 1. The molecule has 2 aliphatic rings. The number of halogens is 1. The lowest BCUT2D eigenvalue weighted by atomic mass is 9.95. The Morgan fingerprint density at radius 3 is 2.66 bits per heavy atom. The number of carbonyl (C=O) groups is 1. The first-order valence-corrected chi connectivity index (χ1v) is 10.4. The summed E-state index contributed by atoms with van der Waals surface area (Å²) in [4.78, 5) is 23.4. The van der Waals surface area contributed by atoms with Crippen LogP contribution in [-0.2, 0) is 4.79 Å². The average Bonchev–Trinajstić information content (AvgIpc) is 3.14. The van der Waals surface area contributed by atoms with Crippen molar-refractivity contribution in [3.8, 4) is 5.69 Å². The van der Waals surface area contributed by atoms with Gasteiger partial charge in [-0.05, 0) is 43.2 Å². The summed E-state index contributed by atoms with van der Waals surface area (Å²) in [6, 6.07) is 9.83. The number of nitrogens with zero attached hydrogens (tertiary/aromatic N) is 4. The second-order valence-corrected chi connectivity index (χ2v) is 8.09. The number of rotatable bonds is 3. The monoisotopic (exact) mass is 410 g/mol. The molecule has 2 aliphatic heterocycles. The quantitative estimate of drug-likeness (QED) is 0.694. The Morgan fingerprint density at radius 1 is 1.10 bits per heavy atom. The minimum atomic E-state index is 0.118. The molecule has 0 aliphatic carbocycles. The number of hydrogen-bond acceptors (Lipinski definition) is 5. The van der Waals surface area contributed by atoms with Crippen LogP contribution in [0, 0.1) is 0 Å². The van der Waals surface area contributed by atoms with Crippen molar-refractivity contribution in [2.75, 3.05) is 19.8 Å². The molecule has 2 aromatic heterocycles. The molecule has 2 fully saturated rings. The number of piperidine rings is 1. The third-order valence-corrected chi connectivity index (χ3v) is 6.16. The molecule has 1 amide bonds. The number of carbonyl (C=O) groups excluding carboxylic acids is 1. The molecule has 2 N–H and O–H groups in total. The van der Waals surface area contributed by atoms with Crippen LogP contribution >= 0.6 is 11.6 Å². The number of likely N-dealkylation sites (tertiary alicyclic amines) is 1. The number of hydrogen-bond donors (Lipinski definition) is 2. The zero-order valence-electron chi connectivity index (χ0n) is 16.0. The molecule has 1 unspecified atom stereocenters. The van der Waals surface area contributed by atoms with Crippen LogP contribution in [0.4, 0.5) is 0 Å². The highest BCUT2D eigenvalue weighted by Gasteiger charge is 2.31. The standard InChI is InChI=1S/C21H23ClN6O/c22-15-1-3-16(4-2-15)28-18-12-23-8-5-17(18)26-21(28)14-6-9-27(10-7-14)19-11-20(29)25-13-24-19/h1-5,8,12,14,19,24H,6-7,9-11,13H2,(H,25,29). The van der Waals surface area contributed by atoms with Gasteiger partial charge in [-0.1, -0.05) is 11.6 Å². The van der Waals surface area contributed by atoms with Crippen molar-refractivity contribution in [2.45, 2.75) is 31.3 Å². The maximum atomic E-state index is 11.7. The molecular weight excluding hydrogens is 388 g/mol. The molecule has 2 saturated heterocycles. The van der Waals surface area contributed by atoms with Crippen molar-refractivity contribution in [2.24, 2.45) is 0 Å². The maximum absolute atomic E-state index is 11.7. The molecule has 0 spiro atoms. The summed E-state index contributed by atoms with van der Waals surface area (Å²) in [6.45, 7) is 2.43. The lowest BCUT2D eigenvalue weighted by molar-refractivity contribution is -0.125. The van der Waals surface area contributed by atoms with Gasteiger partial charge < -0.3 is 5.32 Å². The van der Waals surface area contributed by atoms with E-state index in [0.29, 0.717) is 19.0 Å². The van der Waals surface area contributed by atoms with Gasteiger partial charge in [0.2, 0.25) is 5.91 Å². The largest absolute Gasteiger partial charge is 0.343 e. The smallest absolute Gasteiger partial charge is 0.223 e. The minimum Gasteiger partial charge on any atom is -0.343 e. The van der Waals surface area contributed by atoms with Crippen molar-refractivity contribution in [1.29, 1.82) is 0 Å². The molecule has 3 aromatic rings. The first-order valence-electron chi connectivity index (χ1n) is 10.0. The van der Waals surface area contributed by atoms with E-state index in [1.807, 2.05) is 36.5 Å². The number of pyridine rings is 1. The summed E-state index contributed by atoms with van der Waals surface area (Å²) < 4.78 is 2.21. The third kappa shape index (κ3) is 3.61. The van der Waals surface area contributed by atoms with Crippen LogP contribution in [0.2, 0.25) is 5.02 Å². The van der Waals surface area contributed by atoms with Crippen LogP contribution in [0.1, 0.15) is 31.0 Å². The van der Waals surface area contributed by atoms with E-state index in [2.05, 4.69) is 25.1 Å². The van der Waals surface area contributed by atoms with E-state index in [1.54, 1.807) is 6.20 Å². The lowest BCUT2D eigenvalue weighted by Gasteiger charge is -2.39. The summed E-state index contributed by atoms with van der Waals surface area (Å²) >= 11 is 6.10. The van der Waals surface area contributed by atoms with Gasteiger partial charge in [-0.3, -0.25) is 24.6 Å². The van der Waals surface area contributed by atoms with Crippen LogP contribution < -0.4 is 10.6 Å². The van der Waals surface area contributed by atoms with E-state index in [-0.39, 0.29) is 12.1 Å². The molecule has 29 heavy (non-hydrogen) atoms. The van der Waals surface area contributed by atoms with Gasteiger partial charge >= 0.3 is 0 Å². The van der Waals surface area contributed by atoms with Crippen LogP contribution in [0.25, 0.3) is 16.7 Å². The Kier molecular flexibility index (Phi) is 4.95. The van der Waals surface area contributed by atoms with Gasteiger partial charge in [-0.15, -0.1) is 0 Å². The van der Waals surface area contributed by atoms with E-state index in [4.69, 9.17) is 16.6 Å². The van der Waals surface area contributed by atoms with Crippen LogP contribution in [0.3, 0.4) is 0 Å². The normalized spacial score (nSPS) is 21.4. The molecular formula is C21H23ClN6O. The fourth-order valence-corrected chi connectivity index (χ4v) is 4.52. The van der Waals surface area contributed by atoms with Crippen molar-refractivity contribution < 1.29 is 4.79 Å². The average molecular weight is 411 g/mol. The summed E-state index contributed by atoms with van der Waals surface area (Å²) in [5.74, 6) is 1.55. The molecule has 7 nitrogen and oxygen atoms in total. The maximum Gasteiger partial charge on any atom is 0.223 e. The number of benzene rings is 1. The molecule has 5 rings (SSSR count). The second-order valence-electron chi connectivity index (χ2n) is 7.66. The Bertz CT molecular complexity index is 1030. The molecule has 8 heteroatoms. The van der Waals surface area contributed by atoms with Gasteiger partial charge in [-0.25, -0.2) is 4.98 Å². The second kappa shape index (κ2) is 7.74. The number of aromatic nitrogens is 3. The summed E-state index contributed by atoms with van der Waals surface area (Å²) in [6.07, 6.45) is 6.31. The summed E-state index contributed by atoms with van der Waals surface area (Å²) in [5, 5.41) is 6.93. The van der Waals surface area contributed by atoms with Crippen molar-refractivity contribution >= 4 is 28.5 Å². The highest BCUT2D eigenvalue weighted by atomic mass is 35.5. The van der Waals surface area contributed by atoms with Gasteiger partial charge in [0.1, 0.15) is 5.82 Å². The van der Waals surface area contributed by atoms with Gasteiger partial charge in [0, 0.05) is 35.9 Å². The van der Waals surface area contributed by atoms with Gasteiger partial charge in [-0.2, -0.15) is 0 Å². The van der Waals surface area contributed by atoms with E-state index in [0.717, 1.165) is 53.5 Å². The number of imidazole rings is 1. The molecule has 0 saturated carbocycles. The fourth-order valence-electron chi connectivity index (χ4n) is 4.39. The third-order valence-electron chi connectivity index (χ3n) is 5.91. The highest BCUT2D eigenvalue weighted by Crippen LogP contribution is 2.33.